The molecule has 0 radical (unpaired) electrons. The monoisotopic (exact) mass is 670 g/mol. The molecule has 0 bridgehead atoms. The van der Waals surface area contributed by atoms with E-state index in [4.69, 9.17) is 18.6 Å². The zero-order valence-corrected chi connectivity index (χ0v) is 31.9. The predicted octanol–water partition coefficient (Wildman–Crippen LogP) is 8.74. The fraction of sp³-hybridized carbons (Fsp3) is 0.500. The average Bonchev–Trinajstić information content (AvgIpc) is 3.34. The van der Waals surface area contributed by atoms with E-state index < -0.39 is 16.6 Å². The highest BCUT2D eigenvalue weighted by atomic mass is 28.4. The Labute approximate surface area is 283 Å². The maximum absolute atomic E-state index is 10.1. The van der Waals surface area contributed by atoms with Crippen LogP contribution in [0.15, 0.2) is 42.6 Å². The number of anilines is 3. The van der Waals surface area contributed by atoms with E-state index in [1.165, 1.54) is 0 Å². The van der Waals surface area contributed by atoms with Gasteiger partial charge < -0.3 is 24.2 Å². The van der Waals surface area contributed by atoms with E-state index >= 15 is 0 Å². The SMILES string of the molecule is CC(C)(C)[Si](C)(C)OCCOc1ccc(C#N)cc1Nc1nccc(-c2cc(C#N)c3c(c2)[C@@](C)(CO[Si](C)(C)C(C)(C)C)CN3)n1. The van der Waals surface area contributed by atoms with Crippen LogP contribution in [-0.2, 0) is 14.3 Å². The van der Waals surface area contributed by atoms with Gasteiger partial charge in [-0.05, 0) is 78.2 Å². The standard InChI is InChI=1S/C36H50N6O3Si2/c1-34(2,3)46(8,9)44-17-16-43-31-13-12-25(21-37)18-30(31)42-33-39-15-14-29(41-33)26-19-27(22-38)32-28(20-26)36(7,23-40-32)24-45-47(10,11)35(4,5)6/h12-15,18-20,40H,16-17,23-24H2,1-11H3,(H,39,41,42)/t36-/m1/s1. The summed E-state index contributed by atoms with van der Waals surface area (Å²) in [4.78, 5) is 9.29. The van der Waals surface area contributed by atoms with Crippen LogP contribution in [0.4, 0.5) is 17.3 Å². The van der Waals surface area contributed by atoms with Crippen LogP contribution in [0.5, 0.6) is 5.75 Å². The fourth-order valence-electron chi connectivity index (χ4n) is 4.80. The van der Waals surface area contributed by atoms with Gasteiger partial charge in [-0.25, -0.2) is 9.97 Å². The molecular formula is C36H50N6O3Si2. The molecule has 0 fully saturated rings. The molecule has 250 valence electrons. The van der Waals surface area contributed by atoms with Crippen molar-refractivity contribution in [1.82, 2.24) is 9.97 Å². The number of hydrogen-bond donors (Lipinski definition) is 2. The average molecular weight is 671 g/mol. The third-order valence-electron chi connectivity index (χ3n) is 10.0. The second-order valence-corrected chi connectivity index (χ2v) is 25.3. The molecule has 1 aromatic heterocycles. The third kappa shape index (κ3) is 8.04. The lowest BCUT2D eigenvalue weighted by Crippen LogP contribution is -2.45. The molecule has 0 aliphatic carbocycles. The first kappa shape index (κ1) is 36.1. The number of fused-ring (bicyclic) bond motifs is 1. The lowest BCUT2D eigenvalue weighted by Gasteiger charge is -2.39. The van der Waals surface area contributed by atoms with Crippen LogP contribution in [-0.4, -0.2) is 53.0 Å². The molecule has 2 aromatic carbocycles. The van der Waals surface area contributed by atoms with Crippen LogP contribution in [0.1, 0.15) is 65.2 Å². The van der Waals surface area contributed by atoms with Gasteiger partial charge in [0.25, 0.3) is 0 Å². The van der Waals surface area contributed by atoms with Crippen molar-refractivity contribution < 1.29 is 13.6 Å². The van der Waals surface area contributed by atoms with Crippen LogP contribution in [0.3, 0.4) is 0 Å². The highest BCUT2D eigenvalue weighted by Gasteiger charge is 2.42. The van der Waals surface area contributed by atoms with Gasteiger partial charge in [-0.1, -0.05) is 48.5 Å². The Hall–Kier alpha value is -3.75. The number of nitrogens with zero attached hydrogens (tertiary/aromatic N) is 4. The van der Waals surface area contributed by atoms with Crippen LogP contribution < -0.4 is 15.4 Å². The number of benzene rings is 2. The molecule has 1 atom stereocenters. The van der Waals surface area contributed by atoms with Crippen molar-refractivity contribution in [2.75, 3.05) is 37.0 Å². The Morgan fingerprint density at radius 3 is 2.23 bits per heavy atom. The first-order chi connectivity index (χ1) is 21.8. The summed E-state index contributed by atoms with van der Waals surface area (Å²) in [6, 6.07) is 15.6. The Morgan fingerprint density at radius 2 is 1.60 bits per heavy atom. The van der Waals surface area contributed by atoms with Gasteiger partial charge in [0, 0.05) is 30.3 Å². The highest BCUT2D eigenvalue weighted by molar-refractivity contribution is 6.74. The molecular weight excluding hydrogens is 621 g/mol. The van der Waals surface area contributed by atoms with Crippen molar-refractivity contribution in [3.05, 3.63) is 59.3 Å². The number of aromatic nitrogens is 2. The molecule has 0 unspecified atom stereocenters. The van der Waals surface area contributed by atoms with Crippen molar-refractivity contribution in [2.24, 2.45) is 0 Å². The number of rotatable bonds is 11. The minimum atomic E-state index is -1.98. The Morgan fingerprint density at radius 1 is 0.915 bits per heavy atom. The molecule has 2 heterocycles. The normalized spacial score (nSPS) is 16.5. The summed E-state index contributed by atoms with van der Waals surface area (Å²) >= 11 is 0. The maximum atomic E-state index is 10.1. The van der Waals surface area contributed by atoms with Crippen molar-refractivity contribution in [2.45, 2.75) is 90.1 Å². The molecule has 3 aromatic rings. The second kappa shape index (κ2) is 13.4. The van der Waals surface area contributed by atoms with E-state index in [1.807, 2.05) is 12.1 Å². The first-order valence-electron chi connectivity index (χ1n) is 16.2. The zero-order chi connectivity index (χ0) is 34.8. The predicted molar refractivity (Wildman–Crippen MR) is 194 cm³/mol. The van der Waals surface area contributed by atoms with Gasteiger partial charge in [0.1, 0.15) is 18.4 Å². The number of nitriles is 2. The number of nitrogens with one attached hydrogen (secondary N) is 2. The molecule has 47 heavy (non-hydrogen) atoms. The number of hydrogen-bond acceptors (Lipinski definition) is 9. The molecule has 1 aliphatic heterocycles. The summed E-state index contributed by atoms with van der Waals surface area (Å²) < 4.78 is 19.1. The Balaban J connectivity index is 1.59. The van der Waals surface area contributed by atoms with Gasteiger partial charge in [0.05, 0.1) is 40.9 Å². The minimum Gasteiger partial charge on any atom is -0.489 e. The first-order valence-corrected chi connectivity index (χ1v) is 22.0. The summed E-state index contributed by atoms with van der Waals surface area (Å²) in [5, 5.41) is 26.6. The molecule has 0 spiro atoms. The van der Waals surface area contributed by atoms with Gasteiger partial charge in [-0.2, -0.15) is 10.5 Å². The van der Waals surface area contributed by atoms with Crippen molar-refractivity contribution >= 4 is 34.0 Å². The van der Waals surface area contributed by atoms with E-state index in [-0.39, 0.29) is 15.5 Å². The molecule has 1 aliphatic rings. The zero-order valence-electron chi connectivity index (χ0n) is 29.9. The van der Waals surface area contributed by atoms with Gasteiger partial charge >= 0.3 is 0 Å². The van der Waals surface area contributed by atoms with Gasteiger partial charge in [0.2, 0.25) is 5.95 Å². The second-order valence-electron chi connectivity index (χ2n) is 15.7. The van der Waals surface area contributed by atoms with Crippen molar-refractivity contribution in [3.63, 3.8) is 0 Å². The summed E-state index contributed by atoms with van der Waals surface area (Å²) in [5.74, 6) is 0.922. The largest absolute Gasteiger partial charge is 0.489 e. The molecule has 9 nitrogen and oxygen atoms in total. The quantitative estimate of drug-likeness (QED) is 0.152. The van der Waals surface area contributed by atoms with Crippen LogP contribution >= 0.6 is 0 Å². The summed E-state index contributed by atoms with van der Waals surface area (Å²) in [7, 11) is -3.88. The summed E-state index contributed by atoms with van der Waals surface area (Å²) in [5.41, 5.74) is 4.73. The summed E-state index contributed by atoms with van der Waals surface area (Å²) in [6.45, 7) is 26.6. The lowest BCUT2D eigenvalue weighted by atomic mass is 9.83. The van der Waals surface area contributed by atoms with E-state index in [1.54, 1.807) is 24.4 Å². The minimum absolute atomic E-state index is 0.0956. The molecule has 0 saturated carbocycles. The lowest BCUT2D eigenvalue weighted by molar-refractivity contribution is 0.204. The molecule has 0 saturated heterocycles. The van der Waals surface area contributed by atoms with Gasteiger partial charge in [-0.3, -0.25) is 0 Å². The Bertz CT molecular complexity index is 1700. The van der Waals surface area contributed by atoms with E-state index in [0.717, 1.165) is 16.8 Å². The topological polar surface area (TPSA) is 125 Å². The molecule has 0 amide bonds. The maximum Gasteiger partial charge on any atom is 0.227 e. The van der Waals surface area contributed by atoms with Crippen molar-refractivity contribution in [3.8, 4) is 29.1 Å². The fourth-order valence-corrected chi connectivity index (χ4v) is 6.94. The smallest absolute Gasteiger partial charge is 0.227 e. The van der Waals surface area contributed by atoms with Crippen LogP contribution in [0, 0.1) is 22.7 Å². The highest BCUT2D eigenvalue weighted by Crippen LogP contribution is 2.44. The van der Waals surface area contributed by atoms with Gasteiger partial charge in [0.15, 0.2) is 16.6 Å². The van der Waals surface area contributed by atoms with E-state index in [2.05, 4.69) is 108 Å². The number of ether oxygens (including phenoxy) is 1. The van der Waals surface area contributed by atoms with Crippen molar-refractivity contribution in [1.29, 1.82) is 10.5 Å². The molecule has 11 heteroatoms. The molecule has 2 N–H and O–H groups in total. The van der Waals surface area contributed by atoms with Crippen LogP contribution in [0.2, 0.25) is 36.3 Å². The third-order valence-corrected chi connectivity index (χ3v) is 19.1. The molecule has 4 rings (SSSR count). The van der Waals surface area contributed by atoms with Crippen LogP contribution in [0.25, 0.3) is 11.3 Å². The van der Waals surface area contributed by atoms with Gasteiger partial charge in [-0.15, -0.1) is 0 Å². The van der Waals surface area contributed by atoms with E-state index in [0.29, 0.717) is 60.6 Å². The summed E-state index contributed by atoms with van der Waals surface area (Å²) in [6.07, 6.45) is 1.68. The Kier molecular flexibility index (Phi) is 10.3. The van der Waals surface area contributed by atoms with E-state index in [9.17, 15) is 10.5 Å².